The van der Waals surface area contributed by atoms with Gasteiger partial charge in [-0.25, -0.2) is 0 Å². The van der Waals surface area contributed by atoms with Gasteiger partial charge in [-0.1, -0.05) is 48.5 Å². The zero-order chi connectivity index (χ0) is 23.3. The molecule has 2 aromatic heterocycles. The van der Waals surface area contributed by atoms with Gasteiger partial charge in [-0.2, -0.15) is 10.2 Å². The van der Waals surface area contributed by atoms with E-state index in [0.717, 1.165) is 44.0 Å². The number of para-hydroxylation sites is 1. The average Bonchev–Trinajstić information content (AvgIpc) is 3.52. The van der Waals surface area contributed by atoms with Gasteiger partial charge in [0.15, 0.2) is 5.76 Å². The highest BCUT2D eigenvalue weighted by atomic mass is 16.5. The van der Waals surface area contributed by atoms with E-state index in [1.165, 1.54) is 5.56 Å². The highest BCUT2D eigenvalue weighted by Gasteiger charge is 2.25. The molecule has 5 rings (SSSR count). The Kier molecular flexibility index (Phi) is 6.32. The lowest BCUT2D eigenvalue weighted by Gasteiger charge is -2.34. The molecule has 0 spiro atoms. The predicted octanol–water partition coefficient (Wildman–Crippen LogP) is 5.02. The molecule has 1 aliphatic heterocycles. The minimum absolute atomic E-state index is 0.278. The molecule has 7 nitrogen and oxygen atoms in total. The maximum atomic E-state index is 9.64. The maximum Gasteiger partial charge on any atom is 0.266 e. The third-order valence-corrected chi connectivity index (χ3v) is 5.96. The molecule has 1 fully saturated rings. The van der Waals surface area contributed by atoms with Crippen LogP contribution in [-0.2, 0) is 13.2 Å². The number of rotatable bonds is 7. The topological polar surface area (TPSA) is 78.7 Å². The van der Waals surface area contributed by atoms with Crippen molar-refractivity contribution in [1.29, 1.82) is 5.26 Å². The second kappa shape index (κ2) is 9.86. The van der Waals surface area contributed by atoms with Gasteiger partial charge in [-0.15, -0.1) is 0 Å². The first-order chi connectivity index (χ1) is 16.7. The summed E-state index contributed by atoms with van der Waals surface area (Å²) in [5.74, 6) is 2.77. The number of hydrogen-bond donors (Lipinski definition) is 0. The first-order valence-electron chi connectivity index (χ1n) is 11.4. The number of furan rings is 1. The summed E-state index contributed by atoms with van der Waals surface area (Å²) >= 11 is 0. The summed E-state index contributed by atoms with van der Waals surface area (Å²) in [6.45, 7) is 6.53. The number of anilines is 1. The molecule has 0 amide bonds. The number of aryl methyl sites for hydroxylation is 1. The van der Waals surface area contributed by atoms with Gasteiger partial charge >= 0.3 is 0 Å². The van der Waals surface area contributed by atoms with E-state index in [4.69, 9.17) is 13.6 Å². The molecule has 0 atom stereocenters. The smallest absolute Gasteiger partial charge is 0.266 e. The number of benzene rings is 2. The number of aromatic nitrogens is 1. The Morgan fingerprint density at radius 1 is 0.941 bits per heavy atom. The molecule has 3 heterocycles. The highest BCUT2D eigenvalue weighted by molar-refractivity contribution is 5.56. The summed E-state index contributed by atoms with van der Waals surface area (Å²) in [5, 5.41) is 9.64. The van der Waals surface area contributed by atoms with Gasteiger partial charge in [0, 0.05) is 32.7 Å². The Bertz CT molecular complexity index is 1280. The molecule has 1 aliphatic rings. The molecule has 0 unspecified atom stereocenters. The quantitative estimate of drug-likeness (QED) is 0.388. The number of nitrogens with zero attached hydrogens (tertiary/aromatic N) is 4. The van der Waals surface area contributed by atoms with Gasteiger partial charge in [0.2, 0.25) is 11.6 Å². The molecule has 0 aliphatic carbocycles. The molecule has 0 saturated carbocycles. The summed E-state index contributed by atoms with van der Waals surface area (Å²) in [7, 11) is 0. The number of hydrogen-bond acceptors (Lipinski definition) is 7. The van der Waals surface area contributed by atoms with Crippen LogP contribution in [0.25, 0.3) is 11.7 Å². The minimum atomic E-state index is 0.278. The zero-order valence-electron chi connectivity index (χ0n) is 19.1. The molecule has 4 aromatic rings. The van der Waals surface area contributed by atoms with Crippen LogP contribution in [0.2, 0.25) is 0 Å². The average molecular weight is 455 g/mol. The fourth-order valence-electron chi connectivity index (χ4n) is 4.09. The first-order valence-corrected chi connectivity index (χ1v) is 11.4. The molecule has 7 heteroatoms. The van der Waals surface area contributed by atoms with Gasteiger partial charge in [-0.3, -0.25) is 4.90 Å². The number of ether oxygens (including phenoxy) is 1. The molecule has 2 aromatic carbocycles. The summed E-state index contributed by atoms with van der Waals surface area (Å²) in [5.41, 5.74) is 2.64. The van der Waals surface area contributed by atoms with Crippen molar-refractivity contribution in [3.05, 3.63) is 89.3 Å². The van der Waals surface area contributed by atoms with Crippen LogP contribution in [-0.4, -0.2) is 36.1 Å². The van der Waals surface area contributed by atoms with Gasteiger partial charge in [0.1, 0.15) is 24.2 Å². The third kappa shape index (κ3) is 4.82. The van der Waals surface area contributed by atoms with Crippen molar-refractivity contribution in [2.24, 2.45) is 0 Å². The van der Waals surface area contributed by atoms with E-state index in [1.54, 1.807) is 6.07 Å². The van der Waals surface area contributed by atoms with Crippen LogP contribution in [0.4, 0.5) is 5.88 Å². The van der Waals surface area contributed by atoms with E-state index in [-0.39, 0.29) is 5.69 Å². The van der Waals surface area contributed by atoms with E-state index in [9.17, 15) is 5.26 Å². The molecule has 0 N–H and O–H groups in total. The Hall–Kier alpha value is -4.02. The van der Waals surface area contributed by atoms with Crippen LogP contribution in [0.3, 0.4) is 0 Å². The van der Waals surface area contributed by atoms with Crippen molar-refractivity contribution >= 4 is 5.88 Å². The van der Waals surface area contributed by atoms with E-state index in [1.807, 2.05) is 43.3 Å². The monoisotopic (exact) mass is 454 g/mol. The number of nitriles is 1. The van der Waals surface area contributed by atoms with Crippen molar-refractivity contribution in [2.75, 3.05) is 31.1 Å². The van der Waals surface area contributed by atoms with Crippen LogP contribution >= 0.6 is 0 Å². The highest BCUT2D eigenvalue weighted by Crippen LogP contribution is 2.30. The van der Waals surface area contributed by atoms with Crippen molar-refractivity contribution < 1.29 is 13.6 Å². The second-order valence-corrected chi connectivity index (χ2v) is 8.35. The zero-order valence-corrected chi connectivity index (χ0v) is 19.1. The number of oxazole rings is 1. The molecule has 0 bridgehead atoms. The summed E-state index contributed by atoms with van der Waals surface area (Å²) < 4.78 is 17.8. The van der Waals surface area contributed by atoms with Crippen molar-refractivity contribution in [3.63, 3.8) is 0 Å². The Balaban J connectivity index is 1.23. The molecular formula is C27H26N4O3. The minimum Gasteiger partial charge on any atom is -0.485 e. The second-order valence-electron chi connectivity index (χ2n) is 8.35. The molecule has 172 valence electrons. The summed E-state index contributed by atoms with van der Waals surface area (Å²) in [6.07, 6.45) is 0. The van der Waals surface area contributed by atoms with Gasteiger partial charge < -0.3 is 18.5 Å². The van der Waals surface area contributed by atoms with Crippen LogP contribution in [0.1, 0.15) is 22.6 Å². The molecule has 0 radical (unpaired) electrons. The Morgan fingerprint density at radius 2 is 1.71 bits per heavy atom. The SMILES string of the molecule is Cc1ccccc1OCc1ccc(-c2nc(C#N)c(N3CCN(Cc4ccccc4)CC3)o2)o1. The number of piperazine rings is 1. The fraction of sp³-hybridized carbons (Fsp3) is 0.259. The Morgan fingerprint density at radius 3 is 2.47 bits per heavy atom. The van der Waals surface area contributed by atoms with Crippen molar-refractivity contribution in [3.8, 4) is 23.5 Å². The lowest BCUT2D eigenvalue weighted by molar-refractivity contribution is 0.246. The van der Waals surface area contributed by atoms with Crippen molar-refractivity contribution in [1.82, 2.24) is 9.88 Å². The fourth-order valence-corrected chi connectivity index (χ4v) is 4.09. The largest absolute Gasteiger partial charge is 0.485 e. The molecule has 34 heavy (non-hydrogen) atoms. The lowest BCUT2D eigenvalue weighted by atomic mass is 10.2. The third-order valence-electron chi connectivity index (χ3n) is 5.96. The van der Waals surface area contributed by atoms with E-state index >= 15 is 0 Å². The summed E-state index contributed by atoms with van der Waals surface area (Å²) in [4.78, 5) is 8.88. The van der Waals surface area contributed by atoms with Crippen LogP contribution in [0.15, 0.2) is 75.6 Å². The van der Waals surface area contributed by atoms with Gasteiger partial charge in [0.05, 0.1) is 0 Å². The lowest BCUT2D eigenvalue weighted by Crippen LogP contribution is -2.46. The first kappa shape index (κ1) is 21.8. The van der Waals surface area contributed by atoms with Gasteiger partial charge in [0.25, 0.3) is 5.89 Å². The van der Waals surface area contributed by atoms with E-state index in [0.29, 0.717) is 29.9 Å². The van der Waals surface area contributed by atoms with Gasteiger partial charge in [-0.05, 0) is 36.2 Å². The van der Waals surface area contributed by atoms with E-state index < -0.39 is 0 Å². The Labute approximate surface area is 198 Å². The standard InChI is InChI=1S/C27H26N4O3/c1-20-7-5-6-10-24(20)32-19-22-11-12-25(33-22)26-29-23(17-28)27(34-26)31-15-13-30(14-16-31)18-21-8-3-2-4-9-21/h2-12H,13-16,18-19H2,1H3. The molecule has 1 saturated heterocycles. The molecular weight excluding hydrogens is 428 g/mol. The van der Waals surface area contributed by atoms with Crippen LogP contribution in [0, 0.1) is 18.3 Å². The van der Waals surface area contributed by atoms with Crippen molar-refractivity contribution in [2.45, 2.75) is 20.1 Å². The summed E-state index contributed by atoms with van der Waals surface area (Å²) in [6, 6.07) is 24.1. The maximum absolute atomic E-state index is 9.64. The van der Waals surface area contributed by atoms with E-state index in [2.05, 4.69) is 45.1 Å². The van der Waals surface area contributed by atoms with Crippen LogP contribution < -0.4 is 9.64 Å². The normalized spacial score (nSPS) is 14.2. The predicted molar refractivity (Wildman–Crippen MR) is 128 cm³/mol. The van der Waals surface area contributed by atoms with Crippen LogP contribution in [0.5, 0.6) is 5.75 Å².